The van der Waals surface area contributed by atoms with Crippen molar-refractivity contribution in [2.45, 2.75) is 57.6 Å². The minimum absolute atomic E-state index is 0.472. The van der Waals surface area contributed by atoms with Crippen LogP contribution in [-0.2, 0) is 4.74 Å². The van der Waals surface area contributed by atoms with Gasteiger partial charge in [-0.3, -0.25) is 0 Å². The number of hydrogen-bond donors (Lipinski definition) is 1. The Hall–Kier alpha value is -0.380. The van der Waals surface area contributed by atoms with Crippen molar-refractivity contribution >= 4 is 11.3 Å². The van der Waals surface area contributed by atoms with Crippen LogP contribution in [0.1, 0.15) is 56.4 Å². The summed E-state index contributed by atoms with van der Waals surface area (Å²) in [4.78, 5) is 1.42. The van der Waals surface area contributed by atoms with Crippen molar-refractivity contribution in [1.82, 2.24) is 5.32 Å². The van der Waals surface area contributed by atoms with Crippen molar-refractivity contribution in [1.29, 1.82) is 0 Å². The Bertz CT molecular complexity index is 306. The monoisotopic (exact) mass is 267 g/mol. The highest BCUT2D eigenvalue weighted by atomic mass is 32.1. The second-order valence-electron chi connectivity index (χ2n) is 5.18. The van der Waals surface area contributed by atoms with Gasteiger partial charge in [0.05, 0.1) is 6.10 Å². The molecule has 0 amide bonds. The van der Waals surface area contributed by atoms with Crippen LogP contribution in [0.3, 0.4) is 0 Å². The molecule has 3 heteroatoms. The van der Waals surface area contributed by atoms with Gasteiger partial charge in [0.15, 0.2) is 0 Å². The maximum atomic E-state index is 5.92. The average molecular weight is 267 g/mol. The lowest BCUT2D eigenvalue weighted by Crippen LogP contribution is -2.22. The van der Waals surface area contributed by atoms with Crippen LogP contribution in [0.5, 0.6) is 0 Å². The van der Waals surface area contributed by atoms with Gasteiger partial charge in [-0.25, -0.2) is 0 Å². The lowest BCUT2D eigenvalue weighted by Gasteiger charge is -2.22. The van der Waals surface area contributed by atoms with Crippen molar-refractivity contribution in [2.24, 2.45) is 0 Å². The van der Waals surface area contributed by atoms with Gasteiger partial charge in [0, 0.05) is 17.5 Å². The molecule has 1 aliphatic rings. The summed E-state index contributed by atoms with van der Waals surface area (Å²) in [7, 11) is 0. The number of ether oxygens (including phenoxy) is 1. The first kappa shape index (κ1) is 14.0. The molecule has 0 aromatic carbocycles. The molecule has 1 N–H and O–H groups in total. The summed E-state index contributed by atoms with van der Waals surface area (Å²) in [5, 5.41) is 5.69. The largest absolute Gasteiger partial charge is 0.378 e. The molecule has 1 heterocycles. The van der Waals surface area contributed by atoms with Gasteiger partial charge in [0.1, 0.15) is 0 Å². The third-order valence-corrected chi connectivity index (χ3v) is 4.70. The zero-order valence-corrected chi connectivity index (χ0v) is 12.2. The molecule has 2 rings (SSSR count). The molecule has 0 spiro atoms. The van der Waals surface area contributed by atoms with Crippen molar-refractivity contribution < 1.29 is 4.74 Å². The molecule has 2 nitrogen and oxygen atoms in total. The maximum absolute atomic E-state index is 5.92. The average Bonchev–Trinajstić information content (AvgIpc) is 2.93. The van der Waals surface area contributed by atoms with E-state index in [1.54, 1.807) is 0 Å². The van der Waals surface area contributed by atoms with Crippen LogP contribution in [0, 0.1) is 0 Å². The van der Waals surface area contributed by atoms with E-state index in [-0.39, 0.29) is 0 Å². The Kier molecular flexibility index (Phi) is 6.18. The van der Waals surface area contributed by atoms with Crippen LogP contribution in [0.15, 0.2) is 17.5 Å². The van der Waals surface area contributed by atoms with Crippen LogP contribution in [0.2, 0.25) is 0 Å². The van der Waals surface area contributed by atoms with Crippen molar-refractivity contribution in [3.05, 3.63) is 22.4 Å². The van der Waals surface area contributed by atoms with Crippen molar-refractivity contribution in [3.8, 4) is 0 Å². The molecule has 1 atom stereocenters. The molecular formula is C15H25NOS. The molecule has 0 aliphatic heterocycles. The van der Waals surface area contributed by atoms with E-state index in [0.29, 0.717) is 12.1 Å². The number of rotatable bonds is 7. The molecule has 0 saturated heterocycles. The Labute approximate surface area is 115 Å². The van der Waals surface area contributed by atoms with Gasteiger partial charge in [-0.05, 0) is 44.2 Å². The molecule has 102 valence electrons. The van der Waals surface area contributed by atoms with Crippen LogP contribution in [-0.4, -0.2) is 19.3 Å². The summed E-state index contributed by atoms with van der Waals surface area (Å²) in [6.45, 7) is 4.19. The molecule has 1 unspecified atom stereocenters. The fourth-order valence-corrected chi connectivity index (χ4v) is 3.27. The van der Waals surface area contributed by atoms with Crippen LogP contribution >= 0.6 is 11.3 Å². The highest BCUT2D eigenvalue weighted by molar-refractivity contribution is 7.10. The zero-order chi connectivity index (χ0) is 12.6. The van der Waals surface area contributed by atoms with E-state index in [1.165, 1.54) is 37.0 Å². The smallest absolute Gasteiger partial charge is 0.0575 e. The first-order chi connectivity index (χ1) is 8.86. The first-order valence-corrected chi connectivity index (χ1v) is 8.12. The quantitative estimate of drug-likeness (QED) is 0.750. The lowest BCUT2D eigenvalue weighted by molar-refractivity contribution is 0.0271. The minimum Gasteiger partial charge on any atom is -0.378 e. The molecule has 0 bridgehead atoms. The third-order valence-electron chi connectivity index (χ3n) is 3.65. The van der Waals surface area contributed by atoms with Gasteiger partial charge < -0.3 is 10.1 Å². The highest BCUT2D eigenvalue weighted by Gasteiger charge is 2.13. The van der Waals surface area contributed by atoms with E-state index < -0.39 is 0 Å². The summed E-state index contributed by atoms with van der Waals surface area (Å²) in [5.74, 6) is 0. The van der Waals surface area contributed by atoms with E-state index in [0.717, 1.165) is 19.6 Å². The van der Waals surface area contributed by atoms with Crippen molar-refractivity contribution in [2.75, 3.05) is 13.2 Å². The molecule has 18 heavy (non-hydrogen) atoms. The molecule has 0 radical (unpaired) electrons. The van der Waals surface area contributed by atoms with E-state index in [1.807, 2.05) is 11.3 Å². The molecule has 1 aliphatic carbocycles. The molecule has 1 fully saturated rings. The predicted molar refractivity (Wildman–Crippen MR) is 78.2 cm³/mol. The summed E-state index contributed by atoms with van der Waals surface area (Å²) < 4.78 is 5.92. The SMILES string of the molecule is CC(NCCCOC1CCCCC1)c1cccs1. The maximum Gasteiger partial charge on any atom is 0.0575 e. The topological polar surface area (TPSA) is 21.3 Å². The minimum atomic E-state index is 0.472. The second kappa shape index (κ2) is 7.93. The molecule has 1 aromatic rings. The van der Waals surface area contributed by atoms with Gasteiger partial charge in [-0.2, -0.15) is 0 Å². The van der Waals surface area contributed by atoms with Gasteiger partial charge in [-0.15, -0.1) is 11.3 Å². The van der Waals surface area contributed by atoms with E-state index in [4.69, 9.17) is 4.74 Å². The molecule has 1 saturated carbocycles. The molecule has 1 aromatic heterocycles. The normalized spacial score (nSPS) is 18.9. The van der Waals surface area contributed by atoms with Gasteiger partial charge in [0.2, 0.25) is 0 Å². The Morgan fingerprint density at radius 3 is 2.94 bits per heavy atom. The van der Waals surface area contributed by atoms with Crippen LogP contribution in [0.25, 0.3) is 0 Å². The first-order valence-electron chi connectivity index (χ1n) is 7.24. The Morgan fingerprint density at radius 2 is 2.22 bits per heavy atom. The van der Waals surface area contributed by atoms with E-state index in [2.05, 4.69) is 29.8 Å². The Balaban J connectivity index is 1.50. The van der Waals surface area contributed by atoms with E-state index >= 15 is 0 Å². The standard InChI is InChI=1S/C15H25NOS/c1-13(15-9-5-12-18-15)16-10-6-11-17-14-7-3-2-4-8-14/h5,9,12-14,16H,2-4,6-8,10-11H2,1H3. The summed E-state index contributed by atoms with van der Waals surface area (Å²) >= 11 is 1.82. The van der Waals surface area contributed by atoms with Crippen LogP contribution in [0.4, 0.5) is 0 Å². The van der Waals surface area contributed by atoms with Gasteiger partial charge in [0.25, 0.3) is 0 Å². The number of hydrogen-bond acceptors (Lipinski definition) is 3. The lowest BCUT2D eigenvalue weighted by atomic mass is 9.98. The van der Waals surface area contributed by atoms with Crippen LogP contribution < -0.4 is 5.32 Å². The Morgan fingerprint density at radius 1 is 1.39 bits per heavy atom. The fourth-order valence-electron chi connectivity index (χ4n) is 2.51. The van der Waals surface area contributed by atoms with Gasteiger partial charge >= 0.3 is 0 Å². The fraction of sp³-hybridized carbons (Fsp3) is 0.733. The summed E-state index contributed by atoms with van der Waals surface area (Å²) in [5.41, 5.74) is 0. The number of nitrogens with one attached hydrogen (secondary N) is 1. The molecular weight excluding hydrogens is 242 g/mol. The summed E-state index contributed by atoms with van der Waals surface area (Å²) in [6, 6.07) is 4.78. The third kappa shape index (κ3) is 4.71. The highest BCUT2D eigenvalue weighted by Crippen LogP contribution is 2.20. The van der Waals surface area contributed by atoms with E-state index in [9.17, 15) is 0 Å². The second-order valence-corrected chi connectivity index (χ2v) is 6.15. The zero-order valence-electron chi connectivity index (χ0n) is 11.4. The van der Waals surface area contributed by atoms with Crippen molar-refractivity contribution in [3.63, 3.8) is 0 Å². The summed E-state index contributed by atoms with van der Waals surface area (Å²) in [6.07, 6.45) is 8.34. The van der Waals surface area contributed by atoms with Gasteiger partial charge in [-0.1, -0.05) is 25.3 Å². The number of thiophene rings is 1. The predicted octanol–water partition coefficient (Wildman–Crippen LogP) is 4.14.